The summed E-state index contributed by atoms with van der Waals surface area (Å²) in [5, 5.41) is 3.09. The Morgan fingerprint density at radius 1 is 0.865 bits per heavy atom. The Kier molecular flexibility index (Phi) is 9.90. The minimum atomic E-state index is -0.670. The predicted molar refractivity (Wildman–Crippen MR) is 149 cm³/mol. The molecule has 2 atom stereocenters. The summed E-state index contributed by atoms with van der Waals surface area (Å²) < 4.78 is 5.91. The summed E-state index contributed by atoms with van der Waals surface area (Å²) in [6.45, 7) is 10.6. The Bertz CT molecular complexity index is 1120. The first kappa shape index (κ1) is 28.0. The average molecular weight is 501 g/mol. The van der Waals surface area contributed by atoms with Crippen LogP contribution in [0, 0.1) is 0 Å². The molecule has 0 saturated carbocycles. The first-order valence-electron chi connectivity index (χ1n) is 13.1. The molecular formula is C32H40N2O3. The van der Waals surface area contributed by atoms with E-state index in [2.05, 4.69) is 26.1 Å². The van der Waals surface area contributed by atoms with E-state index in [-0.39, 0.29) is 29.9 Å². The molecule has 3 aromatic carbocycles. The standard InChI is InChI=1S/C32H40N2O3/c1-6-24(2)33-31(36)29(21-25-13-9-7-10-14-25)34(22-26-15-11-8-12-16-26)30(35)23-37-28-19-17-27(18-20-28)32(3,4)5/h7-20,24,29H,6,21-23H2,1-5H3,(H,33,36). The van der Waals surface area contributed by atoms with E-state index in [1.54, 1.807) is 4.90 Å². The zero-order valence-corrected chi connectivity index (χ0v) is 22.7. The lowest BCUT2D eigenvalue weighted by Gasteiger charge is -2.32. The lowest BCUT2D eigenvalue weighted by Crippen LogP contribution is -2.53. The van der Waals surface area contributed by atoms with Crippen LogP contribution in [0.4, 0.5) is 0 Å². The second-order valence-corrected chi connectivity index (χ2v) is 10.6. The van der Waals surface area contributed by atoms with Crippen molar-refractivity contribution in [1.82, 2.24) is 10.2 Å². The van der Waals surface area contributed by atoms with Crippen LogP contribution in [-0.2, 0) is 28.0 Å². The van der Waals surface area contributed by atoms with Crippen molar-refractivity contribution in [3.05, 3.63) is 102 Å². The number of benzene rings is 3. The predicted octanol–water partition coefficient (Wildman–Crippen LogP) is 5.92. The molecule has 196 valence electrons. The third-order valence-electron chi connectivity index (χ3n) is 6.55. The van der Waals surface area contributed by atoms with E-state index in [0.29, 0.717) is 18.7 Å². The van der Waals surface area contributed by atoms with E-state index >= 15 is 0 Å². The van der Waals surface area contributed by atoms with Crippen LogP contribution in [0.3, 0.4) is 0 Å². The normalized spacial score (nSPS) is 12.9. The minimum absolute atomic E-state index is 0.0111. The van der Waals surface area contributed by atoms with Gasteiger partial charge in [-0.15, -0.1) is 0 Å². The van der Waals surface area contributed by atoms with Crippen molar-refractivity contribution >= 4 is 11.8 Å². The first-order valence-corrected chi connectivity index (χ1v) is 13.1. The molecule has 3 rings (SSSR count). The molecule has 0 heterocycles. The Labute approximate surface area is 221 Å². The van der Waals surface area contributed by atoms with E-state index in [1.165, 1.54) is 5.56 Å². The van der Waals surface area contributed by atoms with Crippen LogP contribution < -0.4 is 10.1 Å². The third-order valence-corrected chi connectivity index (χ3v) is 6.55. The molecule has 2 unspecified atom stereocenters. The minimum Gasteiger partial charge on any atom is -0.484 e. The molecule has 1 N–H and O–H groups in total. The molecule has 0 aromatic heterocycles. The number of ether oxygens (including phenoxy) is 1. The fourth-order valence-corrected chi connectivity index (χ4v) is 4.05. The van der Waals surface area contributed by atoms with Crippen LogP contribution in [0.15, 0.2) is 84.9 Å². The van der Waals surface area contributed by atoms with E-state index in [1.807, 2.05) is 98.8 Å². The number of amides is 2. The van der Waals surface area contributed by atoms with Gasteiger partial charge in [-0.25, -0.2) is 0 Å². The number of nitrogens with zero attached hydrogens (tertiary/aromatic N) is 1. The highest BCUT2D eigenvalue weighted by atomic mass is 16.5. The molecule has 3 aromatic rings. The zero-order chi connectivity index (χ0) is 26.8. The van der Waals surface area contributed by atoms with Crippen molar-refractivity contribution in [2.45, 2.75) is 71.5 Å². The molecule has 0 saturated heterocycles. The van der Waals surface area contributed by atoms with Gasteiger partial charge in [0.2, 0.25) is 5.91 Å². The van der Waals surface area contributed by atoms with Gasteiger partial charge in [-0.05, 0) is 47.6 Å². The van der Waals surface area contributed by atoms with E-state index in [0.717, 1.165) is 17.5 Å². The maximum Gasteiger partial charge on any atom is 0.261 e. The van der Waals surface area contributed by atoms with Crippen molar-refractivity contribution in [3.8, 4) is 5.75 Å². The topological polar surface area (TPSA) is 58.6 Å². The molecule has 0 radical (unpaired) electrons. The first-order chi connectivity index (χ1) is 17.7. The molecule has 0 fully saturated rings. The van der Waals surface area contributed by atoms with Crippen LogP contribution >= 0.6 is 0 Å². The molecule has 0 aliphatic rings. The molecule has 0 aliphatic heterocycles. The average Bonchev–Trinajstić information content (AvgIpc) is 2.90. The Morgan fingerprint density at radius 3 is 1.97 bits per heavy atom. The van der Waals surface area contributed by atoms with Crippen molar-refractivity contribution in [2.75, 3.05) is 6.61 Å². The van der Waals surface area contributed by atoms with Crippen molar-refractivity contribution < 1.29 is 14.3 Å². The van der Waals surface area contributed by atoms with Crippen LogP contribution in [0.25, 0.3) is 0 Å². The van der Waals surface area contributed by atoms with Gasteiger partial charge >= 0.3 is 0 Å². The fourth-order valence-electron chi connectivity index (χ4n) is 4.05. The molecule has 37 heavy (non-hydrogen) atoms. The summed E-state index contributed by atoms with van der Waals surface area (Å²) in [6, 6.07) is 26.8. The number of hydrogen-bond acceptors (Lipinski definition) is 3. The summed E-state index contributed by atoms with van der Waals surface area (Å²) in [5.74, 6) is 0.241. The van der Waals surface area contributed by atoms with Gasteiger partial charge in [0.15, 0.2) is 6.61 Å². The van der Waals surface area contributed by atoms with Crippen LogP contribution in [-0.4, -0.2) is 35.4 Å². The van der Waals surface area contributed by atoms with E-state index in [4.69, 9.17) is 4.74 Å². The number of carbonyl (C=O) groups excluding carboxylic acids is 2. The highest BCUT2D eigenvalue weighted by Gasteiger charge is 2.31. The summed E-state index contributed by atoms with van der Waals surface area (Å²) in [4.78, 5) is 28.8. The molecule has 0 spiro atoms. The maximum absolute atomic E-state index is 13.7. The largest absolute Gasteiger partial charge is 0.484 e. The maximum atomic E-state index is 13.7. The van der Waals surface area contributed by atoms with Gasteiger partial charge in [-0.1, -0.05) is 100 Å². The van der Waals surface area contributed by atoms with Gasteiger partial charge in [0.1, 0.15) is 11.8 Å². The van der Waals surface area contributed by atoms with Crippen molar-refractivity contribution in [2.24, 2.45) is 0 Å². The zero-order valence-electron chi connectivity index (χ0n) is 22.7. The van der Waals surface area contributed by atoms with Crippen molar-refractivity contribution in [1.29, 1.82) is 0 Å². The van der Waals surface area contributed by atoms with Gasteiger partial charge in [-0.2, -0.15) is 0 Å². The summed E-state index contributed by atoms with van der Waals surface area (Å²) in [6.07, 6.45) is 1.23. The highest BCUT2D eigenvalue weighted by molar-refractivity contribution is 5.88. The molecule has 5 nitrogen and oxygen atoms in total. The smallest absolute Gasteiger partial charge is 0.261 e. The quantitative estimate of drug-likeness (QED) is 0.356. The lowest BCUT2D eigenvalue weighted by molar-refractivity contribution is -0.143. The summed E-state index contributed by atoms with van der Waals surface area (Å²) in [5.41, 5.74) is 3.19. The number of nitrogens with one attached hydrogen (secondary N) is 1. The van der Waals surface area contributed by atoms with Gasteiger partial charge in [0, 0.05) is 19.0 Å². The third kappa shape index (κ3) is 8.49. The van der Waals surface area contributed by atoms with Crippen molar-refractivity contribution in [3.63, 3.8) is 0 Å². The second kappa shape index (κ2) is 13.1. The number of hydrogen-bond donors (Lipinski definition) is 1. The van der Waals surface area contributed by atoms with Crippen LogP contribution in [0.2, 0.25) is 0 Å². The Hall–Kier alpha value is -3.60. The van der Waals surface area contributed by atoms with Gasteiger partial charge < -0.3 is 15.0 Å². The summed E-state index contributed by atoms with van der Waals surface area (Å²) >= 11 is 0. The number of rotatable bonds is 11. The Morgan fingerprint density at radius 2 is 1.43 bits per heavy atom. The molecule has 5 heteroatoms. The Balaban J connectivity index is 1.86. The van der Waals surface area contributed by atoms with Gasteiger partial charge in [0.05, 0.1) is 0 Å². The van der Waals surface area contributed by atoms with E-state index < -0.39 is 6.04 Å². The fraction of sp³-hybridized carbons (Fsp3) is 0.375. The second-order valence-electron chi connectivity index (χ2n) is 10.6. The van der Waals surface area contributed by atoms with Gasteiger partial charge in [-0.3, -0.25) is 9.59 Å². The SMILES string of the molecule is CCC(C)NC(=O)C(Cc1ccccc1)N(Cc1ccccc1)C(=O)COc1ccc(C(C)(C)C)cc1. The number of carbonyl (C=O) groups is 2. The molecule has 2 amide bonds. The summed E-state index contributed by atoms with van der Waals surface area (Å²) in [7, 11) is 0. The molecular weight excluding hydrogens is 460 g/mol. The molecule has 0 bridgehead atoms. The monoisotopic (exact) mass is 500 g/mol. The van der Waals surface area contributed by atoms with Gasteiger partial charge in [0.25, 0.3) is 5.91 Å². The van der Waals surface area contributed by atoms with Crippen LogP contribution in [0.1, 0.15) is 57.7 Å². The van der Waals surface area contributed by atoms with E-state index in [9.17, 15) is 9.59 Å². The van der Waals surface area contributed by atoms with Crippen LogP contribution in [0.5, 0.6) is 5.75 Å². The molecule has 0 aliphatic carbocycles. The highest BCUT2D eigenvalue weighted by Crippen LogP contribution is 2.24. The lowest BCUT2D eigenvalue weighted by atomic mass is 9.87.